The minimum atomic E-state index is -4.93. The zero-order valence-corrected chi connectivity index (χ0v) is 19.3. The lowest BCUT2D eigenvalue weighted by Crippen LogP contribution is -2.50. The summed E-state index contributed by atoms with van der Waals surface area (Å²) in [5.74, 6) is -0.262. The van der Waals surface area contributed by atoms with Gasteiger partial charge in [-0.25, -0.2) is 0 Å². The van der Waals surface area contributed by atoms with E-state index in [1.54, 1.807) is 0 Å². The first-order valence-electron chi connectivity index (χ1n) is 11.5. The lowest BCUT2D eigenvalue weighted by Gasteiger charge is -2.45. The number of carbonyl (C=O) groups is 1. The van der Waals surface area contributed by atoms with Crippen LogP contribution in [-0.4, -0.2) is 46.5 Å². The summed E-state index contributed by atoms with van der Waals surface area (Å²) < 4.78 is 42.0. The molecule has 0 unspecified atom stereocenters. The number of halogens is 3. The lowest BCUT2D eigenvalue weighted by atomic mass is 9.72. The Balaban J connectivity index is 1.33. The number of piperidine rings is 1. The number of hydrogen-bond donors (Lipinski definition) is 1. The van der Waals surface area contributed by atoms with Crippen molar-refractivity contribution >= 4 is 22.5 Å². The van der Waals surface area contributed by atoms with Gasteiger partial charge in [0.25, 0.3) is 11.6 Å². The Morgan fingerprint density at radius 2 is 2.00 bits per heavy atom. The number of nitro groups is 1. The van der Waals surface area contributed by atoms with Gasteiger partial charge in [0.05, 0.1) is 4.92 Å². The van der Waals surface area contributed by atoms with Crippen molar-refractivity contribution in [1.29, 1.82) is 0 Å². The van der Waals surface area contributed by atoms with E-state index in [9.17, 15) is 28.1 Å². The summed E-state index contributed by atoms with van der Waals surface area (Å²) >= 11 is 0. The van der Waals surface area contributed by atoms with Crippen LogP contribution in [0.5, 0.6) is 0 Å². The van der Waals surface area contributed by atoms with Crippen molar-refractivity contribution in [2.24, 2.45) is 13.0 Å². The third-order valence-electron chi connectivity index (χ3n) is 7.43. The maximum absolute atomic E-state index is 13.3. The molecule has 2 aromatic carbocycles. The van der Waals surface area contributed by atoms with Crippen LogP contribution in [-0.2, 0) is 19.6 Å². The lowest BCUT2D eigenvalue weighted by molar-refractivity contribution is -0.388. The predicted molar refractivity (Wildman–Crippen MR) is 124 cm³/mol. The normalized spacial score (nSPS) is 22.1. The molecule has 2 heterocycles. The van der Waals surface area contributed by atoms with Gasteiger partial charge in [-0.3, -0.25) is 14.9 Å². The number of nitro benzene ring substituents is 1. The third kappa shape index (κ3) is 4.05. The highest BCUT2D eigenvalue weighted by Gasteiger charge is 2.40. The third-order valence-corrected chi connectivity index (χ3v) is 7.43. The van der Waals surface area contributed by atoms with Gasteiger partial charge < -0.3 is 14.8 Å². The molecule has 0 saturated carbocycles. The zero-order valence-electron chi connectivity index (χ0n) is 19.3. The standard InChI is InChI=1S/C25H25F3N4O3/c1-30-12-14(8-18-17-4-3-5-21-23(17)16(10-22(18)30)13-31(21)2)11-29-24(33)15-6-7-20(32(34)35)19(9-15)25(26,27)28/h3-7,9,13-14,18,22H,8,10-12H2,1-2H3,(H,29,33)/t14-,18+,22+/m0/s1. The second-order valence-corrected chi connectivity index (χ2v) is 9.62. The minimum Gasteiger partial charge on any atom is -0.352 e. The summed E-state index contributed by atoms with van der Waals surface area (Å²) in [5.41, 5.74) is 1.11. The fourth-order valence-corrected chi connectivity index (χ4v) is 5.88. The van der Waals surface area contributed by atoms with Gasteiger partial charge in [0.15, 0.2) is 0 Å². The van der Waals surface area contributed by atoms with Gasteiger partial charge in [-0.15, -0.1) is 0 Å². The van der Waals surface area contributed by atoms with Crippen LogP contribution in [0.4, 0.5) is 18.9 Å². The molecule has 2 aliphatic rings. The molecule has 0 spiro atoms. The number of nitrogens with one attached hydrogen (secondary N) is 1. The minimum absolute atomic E-state index is 0.117. The fraction of sp³-hybridized carbons (Fsp3) is 0.400. The molecule has 7 nitrogen and oxygen atoms in total. The number of carbonyl (C=O) groups excluding carboxylic acids is 1. The molecule has 0 bridgehead atoms. The number of fused-ring (bicyclic) bond motifs is 2. The number of nitrogens with zero attached hydrogens (tertiary/aromatic N) is 3. The Bertz CT molecular complexity index is 1330. The molecular weight excluding hydrogens is 461 g/mol. The number of rotatable bonds is 4. The number of likely N-dealkylation sites (N-methyl/N-ethyl adjacent to an activating group) is 1. The second kappa shape index (κ2) is 8.37. The second-order valence-electron chi connectivity index (χ2n) is 9.62. The van der Waals surface area contributed by atoms with E-state index < -0.39 is 28.3 Å². The van der Waals surface area contributed by atoms with Crippen molar-refractivity contribution in [2.75, 3.05) is 20.1 Å². The molecule has 1 aliphatic carbocycles. The Morgan fingerprint density at radius 3 is 2.71 bits per heavy atom. The van der Waals surface area contributed by atoms with E-state index in [0.29, 0.717) is 24.6 Å². The highest BCUT2D eigenvalue weighted by molar-refractivity contribution is 5.94. The topological polar surface area (TPSA) is 80.4 Å². The average Bonchev–Trinajstić information content (AvgIpc) is 3.13. The van der Waals surface area contributed by atoms with Crippen LogP contribution in [0.2, 0.25) is 0 Å². The Kier molecular flexibility index (Phi) is 5.58. The molecule has 5 rings (SSSR count). The molecule has 1 N–H and O–H groups in total. The van der Waals surface area contributed by atoms with E-state index in [0.717, 1.165) is 31.5 Å². The summed E-state index contributed by atoms with van der Waals surface area (Å²) in [6, 6.07) is 9.06. The maximum Gasteiger partial charge on any atom is 0.423 e. The number of hydrogen-bond acceptors (Lipinski definition) is 4. The smallest absolute Gasteiger partial charge is 0.352 e. The first kappa shape index (κ1) is 23.3. The number of aryl methyl sites for hydroxylation is 1. The van der Waals surface area contributed by atoms with Gasteiger partial charge in [0.2, 0.25) is 0 Å². The van der Waals surface area contributed by atoms with Crippen LogP contribution < -0.4 is 5.32 Å². The van der Waals surface area contributed by atoms with E-state index in [-0.39, 0.29) is 11.5 Å². The van der Waals surface area contributed by atoms with Crippen LogP contribution in [0.25, 0.3) is 10.9 Å². The van der Waals surface area contributed by atoms with Crippen LogP contribution >= 0.6 is 0 Å². The van der Waals surface area contributed by atoms with Crippen molar-refractivity contribution in [3.63, 3.8) is 0 Å². The van der Waals surface area contributed by atoms with E-state index in [1.165, 1.54) is 22.0 Å². The van der Waals surface area contributed by atoms with E-state index in [4.69, 9.17) is 0 Å². The largest absolute Gasteiger partial charge is 0.423 e. The summed E-state index contributed by atoms with van der Waals surface area (Å²) in [4.78, 5) is 24.9. The van der Waals surface area contributed by atoms with Gasteiger partial charge in [-0.2, -0.15) is 13.2 Å². The molecule has 1 amide bonds. The highest BCUT2D eigenvalue weighted by atomic mass is 19.4. The number of likely N-dealkylation sites (tertiary alicyclic amines) is 1. The molecule has 1 fully saturated rings. The molecule has 3 atom stereocenters. The van der Waals surface area contributed by atoms with Crippen molar-refractivity contribution in [1.82, 2.24) is 14.8 Å². The summed E-state index contributed by atoms with van der Waals surface area (Å²) in [6.45, 7) is 1.07. The molecule has 3 aromatic rings. The monoisotopic (exact) mass is 486 g/mol. The first-order chi connectivity index (χ1) is 16.5. The van der Waals surface area contributed by atoms with Crippen molar-refractivity contribution in [3.05, 3.63) is 75.0 Å². The molecule has 1 saturated heterocycles. The molecular formula is C25H25F3N4O3. The molecule has 1 aliphatic heterocycles. The van der Waals surface area contributed by atoms with Gasteiger partial charge in [0, 0.05) is 60.8 Å². The molecule has 1 aromatic heterocycles. The molecule has 184 valence electrons. The van der Waals surface area contributed by atoms with E-state index >= 15 is 0 Å². The number of alkyl halides is 3. The fourth-order valence-electron chi connectivity index (χ4n) is 5.88. The van der Waals surface area contributed by atoms with Crippen LogP contribution in [0.15, 0.2) is 42.6 Å². The van der Waals surface area contributed by atoms with Crippen molar-refractivity contribution in [3.8, 4) is 0 Å². The van der Waals surface area contributed by atoms with Gasteiger partial charge >= 0.3 is 6.18 Å². The van der Waals surface area contributed by atoms with Crippen molar-refractivity contribution < 1.29 is 22.9 Å². The van der Waals surface area contributed by atoms with Crippen LogP contribution in [0.1, 0.15) is 39.4 Å². The SMILES string of the molecule is CN1C[C@H](CNC(=O)c2ccc([N+](=O)[O-])c(C(F)(F)F)c2)C[C@@H]2c3cccc4c3c(cn4C)C[C@H]21. The number of benzene rings is 2. The number of aromatic nitrogens is 1. The summed E-state index contributed by atoms with van der Waals surface area (Å²) in [6.07, 6.45) is -0.920. The summed E-state index contributed by atoms with van der Waals surface area (Å²) in [5, 5.41) is 15.0. The van der Waals surface area contributed by atoms with E-state index in [1.807, 2.05) is 0 Å². The van der Waals surface area contributed by atoms with Crippen LogP contribution in [0.3, 0.4) is 0 Å². The van der Waals surface area contributed by atoms with Gasteiger partial charge in [-0.05, 0) is 55.1 Å². The predicted octanol–water partition coefficient (Wildman–Crippen LogP) is 4.50. The van der Waals surface area contributed by atoms with Crippen LogP contribution in [0, 0.1) is 16.0 Å². The molecule has 35 heavy (non-hydrogen) atoms. The van der Waals surface area contributed by atoms with Gasteiger partial charge in [0.1, 0.15) is 5.56 Å². The first-order valence-corrected chi connectivity index (χ1v) is 11.5. The highest BCUT2D eigenvalue weighted by Crippen LogP contribution is 2.44. The molecule has 0 radical (unpaired) electrons. The quantitative estimate of drug-likeness (QED) is 0.435. The Hall–Kier alpha value is -3.40. The van der Waals surface area contributed by atoms with Crippen molar-refractivity contribution in [2.45, 2.75) is 31.0 Å². The van der Waals surface area contributed by atoms with Gasteiger partial charge in [-0.1, -0.05) is 12.1 Å². The summed E-state index contributed by atoms with van der Waals surface area (Å²) in [7, 11) is 4.13. The maximum atomic E-state index is 13.3. The molecule has 10 heteroatoms. The van der Waals surface area contributed by atoms with E-state index in [2.05, 4.69) is 53.3 Å². The Morgan fingerprint density at radius 1 is 1.23 bits per heavy atom. The number of amides is 1. The zero-order chi connectivity index (χ0) is 25.1. The Labute approximate surface area is 199 Å². The average molecular weight is 486 g/mol.